The normalized spacial score (nSPS) is 11.0. The molecule has 0 amide bonds. The molecule has 2 aromatic heterocycles. The van der Waals surface area contributed by atoms with E-state index >= 15 is 0 Å². The van der Waals surface area contributed by atoms with Crippen molar-refractivity contribution >= 4 is 11.9 Å². The largest absolute Gasteiger partial charge is 0.497 e. The predicted molar refractivity (Wildman–Crippen MR) is 121 cm³/mol. The molecule has 9 nitrogen and oxygen atoms in total. The number of hydrogen-bond acceptors (Lipinski definition) is 6. The lowest BCUT2D eigenvalue weighted by molar-refractivity contribution is -0.384. The fraction of sp³-hybridized carbons (Fsp3) is 0.0870. The molecule has 0 aliphatic rings. The van der Waals surface area contributed by atoms with E-state index in [1.807, 2.05) is 24.3 Å². The highest BCUT2D eigenvalue weighted by molar-refractivity contribution is 5.88. The van der Waals surface area contributed by atoms with Gasteiger partial charge in [0.1, 0.15) is 5.75 Å². The quantitative estimate of drug-likeness (QED) is 0.273. The number of H-pyrrole nitrogens is 1. The van der Waals surface area contributed by atoms with E-state index in [9.17, 15) is 14.9 Å². The summed E-state index contributed by atoms with van der Waals surface area (Å²) in [5, 5.41) is 14.1. The van der Waals surface area contributed by atoms with Gasteiger partial charge in [0.15, 0.2) is 0 Å². The summed E-state index contributed by atoms with van der Waals surface area (Å²) in [6.07, 6.45) is 4.91. The van der Waals surface area contributed by atoms with E-state index in [1.54, 1.807) is 37.9 Å². The van der Waals surface area contributed by atoms with Crippen LogP contribution in [-0.4, -0.2) is 33.0 Å². The van der Waals surface area contributed by atoms with Gasteiger partial charge in [-0.1, -0.05) is 0 Å². The number of ether oxygens (including phenoxy) is 1. The van der Waals surface area contributed by atoms with Gasteiger partial charge in [0.05, 0.1) is 35.5 Å². The number of aliphatic imine (C=N–C) groups is 1. The van der Waals surface area contributed by atoms with E-state index in [0.717, 1.165) is 11.1 Å². The average molecular weight is 429 g/mol. The van der Waals surface area contributed by atoms with E-state index in [4.69, 9.17) is 4.74 Å². The van der Waals surface area contributed by atoms with Crippen LogP contribution in [0.3, 0.4) is 0 Å². The monoisotopic (exact) mass is 429 g/mol. The Morgan fingerprint density at radius 3 is 2.41 bits per heavy atom. The molecule has 2 heterocycles. The smallest absolute Gasteiger partial charge is 0.280 e. The molecular formula is C23H19N5O4. The minimum atomic E-state index is -0.485. The molecular weight excluding hydrogens is 410 g/mol. The minimum Gasteiger partial charge on any atom is -0.497 e. The molecule has 9 heteroatoms. The molecule has 0 aliphatic carbocycles. The molecule has 0 bridgehead atoms. The zero-order valence-corrected chi connectivity index (χ0v) is 17.1. The molecule has 0 radical (unpaired) electrons. The number of rotatable bonds is 7. The number of pyridine rings is 1. The van der Waals surface area contributed by atoms with Gasteiger partial charge in [-0.2, -0.15) is 0 Å². The maximum Gasteiger partial charge on any atom is 0.280 e. The van der Waals surface area contributed by atoms with Crippen molar-refractivity contribution in [2.45, 2.75) is 6.54 Å². The summed E-state index contributed by atoms with van der Waals surface area (Å²) in [5.41, 5.74) is 2.80. The summed E-state index contributed by atoms with van der Waals surface area (Å²) >= 11 is 0. The molecule has 0 saturated carbocycles. The summed E-state index contributed by atoms with van der Waals surface area (Å²) in [6, 6.07) is 16.7. The number of benzene rings is 2. The Balaban J connectivity index is 1.76. The van der Waals surface area contributed by atoms with E-state index in [1.165, 1.54) is 28.9 Å². The van der Waals surface area contributed by atoms with Gasteiger partial charge in [0.25, 0.3) is 11.2 Å². The van der Waals surface area contributed by atoms with Crippen molar-refractivity contribution in [3.63, 3.8) is 0 Å². The Kier molecular flexibility index (Phi) is 5.89. The lowest BCUT2D eigenvalue weighted by Crippen LogP contribution is -2.17. The standard InChI is InChI=1S/C23H19N5O4/c1-32-20-8-2-17(3-9-20)22-21(15-25-14-16-10-12-24-13-11-16)23(29)27(26-22)18-4-6-19(7-5-18)28(30)31/h2-13,15,26H,14H2,1H3. The number of aromatic nitrogens is 3. The molecule has 0 spiro atoms. The Hall–Kier alpha value is -4.53. The van der Waals surface area contributed by atoms with Gasteiger partial charge in [-0.15, -0.1) is 0 Å². The summed E-state index contributed by atoms with van der Waals surface area (Å²) in [5.74, 6) is 0.693. The number of nitro benzene ring substituents is 1. The lowest BCUT2D eigenvalue weighted by atomic mass is 10.1. The Labute approximate surface area is 182 Å². The topological polar surface area (TPSA) is 115 Å². The second-order valence-electron chi connectivity index (χ2n) is 6.87. The summed E-state index contributed by atoms with van der Waals surface area (Å²) in [6.45, 7) is 0.396. The predicted octanol–water partition coefficient (Wildman–Crippen LogP) is 3.76. The molecule has 2 aromatic carbocycles. The highest BCUT2D eigenvalue weighted by atomic mass is 16.6. The number of nitro groups is 1. The van der Waals surface area contributed by atoms with Crippen LogP contribution in [0.1, 0.15) is 11.1 Å². The average Bonchev–Trinajstić information content (AvgIpc) is 3.16. The second kappa shape index (κ2) is 9.09. The Morgan fingerprint density at radius 2 is 1.78 bits per heavy atom. The van der Waals surface area contributed by atoms with Gasteiger partial charge in [0, 0.05) is 36.3 Å². The van der Waals surface area contributed by atoms with Crippen LogP contribution in [0, 0.1) is 10.1 Å². The first kappa shape index (κ1) is 20.7. The molecule has 0 saturated heterocycles. The minimum absolute atomic E-state index is 0.0529. The molecule has 4 aromatic rings. The first-order chi connectivity index (χ1) is 15.6. The van der Waals surface area contributed by atoms with Gasteiger partial charge in [0.2, 0.25) is 0 Å². The van der Waals surface area contributed by atoms with Crippen molar-refractivity contribution in [3.8, 4) is 22.7 Å². The molecule has 0 aliphatic heterocycles. The third-order valence-electron chi connectivity index (χ3n) is 4.87. The van der Waals surface area contributed by atoms with Crippen molar-refractivity contribution in [2.75, 3.05) is 7.11 Å². The zero-order chi connectivity index (χ0) is 22.5. The van der Waals surface area contributed by atoms with E-state index in [-0.39, 0.29) is 11.2 Å². The fourth-order valence-corrected chi connectivity index (χ4v) is 3.18. The number of nitrogens with zero attached hydrogens (tertiary/aromatic N) is 4. The second-order valence-corrected chi connectivity index (χ2v) is 6.87. The Bertz CT molecular complexity index is 1310. The van der Waals surface area contributed by atoms with Crippen LogP contribution in [0.25, 0.3) is 16.9 Å². The number of aromatic amines is 1. The van der Waals surface area contributed by atoms with Gasteiger partial charge in [-0.05, 0) is 54.1 Å². The maximum atomic E-state index is 13.2. The first-order valence-corrected chi connectivity index (χ1v) is 9.70. The highest BCUT2D eigenvalue weighted by Gasteiger charge is 2.16. The lowest BCUT2D eigenvalue weighted by Gasteiger charge is -2.04. The maximum absolute atomic E-state index is 13.2. The summed E-state index contributed by atoms with van der Waals surface area (Å²) in [7, 11) is 1.58. The van der Waals surface area contributed by atoms with Gasteiger partial charge in [-0.3, -0.25) is 30.0 Å². The fourth-order valence-electron chi connectivity index (χ4n) is 3.18. The van der Waals surface area contributed by atoms with Crippen molar-refractivity contribution in [2.24, 2.45) is 4.99 Å². The van der Waals surface area contributed by atoms with Gasteiger partial charge >= 0.3 is 0 Å². The molecule has 1 N–H and O–H groups in total. The molecule has 32 heavy (non-hydrogen) atoms. The third kappa shape index (κ3) is 4.31. The molecule has 160 valence electrons. The van der Waals surface area contributed by atoms with Crippen LogP contribution < -0.4 is 10.3 Å². The number of nitrogens with one attached hydrogen (secondary N) is 1. The van der Waals surface area contributed by atoms with Crippen LogP contribution >= 0.6 is 0 Å². The highest BCUT2D eigenvalue weighted by Crippen LogP contribution is 2.23. The van der Waals surface area contributed by atoms with Crippen LogP contribution in [0.2, 0.25) is 0 Å². The van der Waals surface area contributed by atoms with Gasteiger partial charge < -0.3 is 4.74 Å². The van der Waals surface area contributed by atoms with Crippen LogP contribution in [0.5, 0.6) is 5.75 Å². The number of non-ortho nitro benzene ring substituents is 1. The SMILES string of the molecule is COc1ccc(-c2[nH]n(-c3ccc([N+](=O)[O-])cc3)c(=O)c2C=NCc2ccncc2)cc1. The first-order valence-electron chi connectivity index (χ1n) is 9.70. The summed E-state index contributed by atoms with van der Waals surface area (Å²) in [4.78, 5) is 32.1. The molecule has 4 rings (SSSR count). The van der Waals surface area contributed by atoms with Crippen LogP contribution in [0.4, 0.5) is 5.69 Å². The number of methoxy groups -OCH3 is 1. The van der Waals surface area contributed by atoms with E-state index in [0.29, 0.717) is 29.2 Å². The number of hydrogen-bond donors (Lipinski definition) is 1. The molecule has 0 unspecified atom stereocenters. The molecule has 0 atom stereocenters. The van der Waals surface area contributed by atoms with E-state index < -0.39 is 4.92 Å². The van der Waals surface area contributed by atoms with Crippen molar-refractivity contribution < 1.29 is 9.66 Å². The Morgan fingerprint density at radius 1 is 1.09 bits per heavy atom. The van der Waals surface area contributed by atoms with Crippen LogP contribution in [0.15, 0.2) is 82.8 Å². The third-order valence-corrected chi connectivity index (χ3v) is 4.87. The van der Waals surface area contributed by atoms with Crippen molar-refractivity contribution in [1.29, 1.82) is 0 Å². The summed E-state index contributed by atoms with van der Waals surface area (Å²) < 4.78 is 6.56. The van der Waals surface area contributed by atoms with Gasteiger partial charge in [-0.25, -0.2) is 4.68 Å². The molecule has 0 fully saturated rings. The van der Waals surface area contributed by atoms with E-state index in [2.05, 4.69) is 15.1 Å². The van der Waals surface area contributed by atoms with Crippen molar-refractivity contribution in [1.82, 2.24) is 14.8 Å². The van der Waals surface area contributed by atoms with Crippen molar-refractivity contribution in [3.05, 3.63) is 105 Å². The van der Waals surface area contributed by atoms with Crippen LogP contribution in [-0.2, 0) is 6.54 Å². The zero-order valence-electron chi connectivity index (χ0n) is 17.1.